The zero-order chi connectivity index (χ0) is 15.5. The van der Waals surface area contributed by atoms with E-state index in [9.17, 15) is 18.0 Å². The lowest BCUT2D eigenvalue weighted by Crippen LogP contribution is -2.22. The first-order chi connectivity index (χ1) is 9.83. The minimum atomic E-state index is -4.71. The van der Waals surface area contributed by atoms with Gasteiger partial charge in [-0.05, 0) is 39.7 Å². The summed E-state index contributed by atoms with van der Waals surface area (Å²) in [6.45, 7) is 0.221. The predicted octanol–water partition coefficient (Wildman–Crippen LogP) is 4.34. The highest BCUT2D eigenvalue weighted by molar-refractivity contribution is 9.11. The maximum atomic E-state index is 12.0. The van der Waals surface area contributed by atoms with Crippen molar-refractivity contribution in [3.05, 3.63) is 50.6 Å². The van der Waals surface area contributed by atoms with Gasteiger partial charge in [-0.1, -0.05) is 12.1 Å². The number of carbonyl (C=O) groups excluding carboxylic acids is 1. The zero-order valence-corrected chi connectivity index (χ0v) is 12.8. The van der Waals surface area contributed by atoms with Crippen LogP contribution in [0.5, 0.6) is 5.75 Å². The summed E-state index contributed by atoms with van der Waals surface area (Å²) in [5.41, 5.74) is 1.20. The number of benzene rings is 1. The number of hydrogen-bond donors (Lipinski definition) is 1. The van der Waals surface area contributed by atoms with Crippen molar-refractivity contribution in [1.29, 1.82) is 0 Å². The Morgan fingerprint density at radius 2 is 1.95 bits per heavy atom. The molecular weight excluding hydrogens is 371 g/mol. The SMILES string of the molecule is O=C(NCc1ccc(OC(F)(F)F)cc1)c1csc(Br)c1. The second-order valence-electron chi connectivity index (χ2n) is 4.01. The van der Waals surface area contributed by atoms with E-state index in [0.29, 0.717) is 11.1 Å². The predicted molar refractivity (Wildman–Crippen MR) is 76.3 cm³/mol. The molecule has 1 heterocycles. The van der Waals surface area contributed by atoms with Crippen LogP contribution in [0.15, 0.2) is 39.5 Å². The monoisotopic (exact) mass is 379 g/mol. The first-order valence-electron chi connectivity index (χ1n) is 5.70. The lowest BCUT2D eigenvalue weighted by Gasteiger charge is -2.09. The van der Waals surface area contributed by atoms with Gasteiger partial charge in [0.25, 0.3) is 5.91 Å². The molecule has 0 unspecified atom stereocenters. The van der Waals surface area contributed by atoms with Gasteiger partial charge in [0, 0.05) is 11.9 Å². The van der Waals surface area contributed by atoms with E-state index in [1.165, 1.54) is 35.6 Å². The molecule has 1 N–H and O–H groups in total. The summed E-state index contributed by atoms with van der Waals surface area (Å²) in [7, 11) is 0. The van der Waals surface area contributed by atoms with Crippen molar-refractivity contribution in [3.8, 4) is 5.75 Å². The first kappa shape index (κ1) is 15.8. The van der Waals surface area contributed by atoms with Gasteiger partial charge >= 0.3 is 6.36 Å². The van der Waals surface area contributed by atoms with Gasteiger partial charge in [-0.15, -0.1) is 24.5 Å². The van der Waals surface area contributed by atoms with Crippen LogP contribution in [-0.4, -0.2) is 12.3 Å². The molecule has 0 bridgehead atoms. The molecule has 0 saturated heterocycles. The van der Waals surface area contributed by atoms with Crippen LogP contribution in [0, 0.1) is 0 Å². The van der Waals surface area contributed by atoms with E-state index < -0.39 is 6.36 Å². The second-order valence-corrected chi connectivity index (χ2v) is 6.30. The van der Waals surface area contributed by atoms with Crippen LogP contribution < -0.4 is 10.1 Å². The number of nitrogens with one attached hydrogen (secondary N) is 1. The molecule has 0 spiro atoms. The normalized spacial score (nSPS) is 11.2. The lowest BCUT2D eigenvalue weighted by molar-refractivity contribution is -0.274. The summed E-state index contributed by atoms with van der Waals surface area (Å²) in [5.74, 6) is -0.535. The summed E-state index contributed by atoms with van der Waals surface area (Å²) < 4.78 is 40.6. The molecular formula is C13H9BrF3NO2S. The second kappa shape index (κ2) is 6.48. The van der Waals surface area contributed by atoms with Gasteiger partial charge in [-0.25, -0.2) is 0 Å². The van der Waals surface area contributed by atoms with Crippen molar-refractivity contribution < 1.29 is 22.7 Å². The van der Waals surface area contributed by atoms with E-state index >= 15 is 0 Å². The van der Waals surface area contributed by atoms with Crippen LogP contribution in [0.25, 0.3) is 0 Å². The molecule has 8 heteroatoms. The van der Waals surface area contributed by atoms with Crippen LogP contribution in [0.3, 0.4) is 0 Å². The summed E-state index contributed by atoms with van der Waals surface area (Å²) in [5, 5.41) is 4.39. The van der Waals surface area contributed by atoms with Gasteiger partial charge in [0.2, 0.25) is 0 Å². The Bertz CT molecular complexity index is 625. The van der Waals surface area contributed by atoms with E-state index in [1.54, 1.807) is 11.4 Å². The molecule has 112 valence electrons. The number of thiophene rings is 1. The first-order valence-corrected chi connectivity index (χ1v) is 7.38. The van der Waals surface area contributed by atoms with E-state index in [0.717, 1.165) is 3.79 Å². The van der Waals surface area contributed by atoms with Gasteiger partial charge in [0.05, 0.1) is 9.35 Å². The average Bonchev–Trinajstić information content (AvgIpc) is 2.82. The fourth-order valence-electron chi connectivity index (χ4n) is 1.52. The molecule has 0 fully saturated rings. The standard InChI is InChI=1S/C13H9BrF3NO2S/c14-11-5-9(7-21-11)12(19)18-6-8-1-3-10(4-2-8)20-13(15,16)17/h1-5,7H,6H2,(H,18,19). The van der Waals surface area contributed by atoms with Crippen molar-refractivity contribution in [2.75, 3.05) is 0 Å². The maximum Gasteiger partial charge on any atom is 0.573 e. The Balaban J connectivity index is 1.90. The summed E-state index contributed by atoms with van der Waals surface area (Å²) in [4.78, 5) is 11.8. The van der Waals surface area contributed by atoms with Gasteiger partial charge < -0.3 is 10.1 Å². The van der Waals surface area contributed by atoms with Gasteiger partial charge in [0.1, 0.15) is 5.75 Å². The number of amides is 1. The molecule has 2 aromatic rings. The molecule has 3 nitrogen and oxygen atoms in total. The summed E-state index contributed by atoms with van der Waals surface area (Å²) in [6.07, 6.45) is -4.71. The van der Waals surface area contributed by atoms with Crippen molar-refractivity contribution in [2.45, 2.75) is 12.9 Å². The molecule has 21 heavy (non-hydrogen) atoms. The van der Waals surface area contributed by atoms with Gasteiger partial charge in [-0.3, -0.25) is 4.79 Å². The van der Waals surface area contributed by atoms with E-state index in [2.05, 4.69) is 26.0 Å². The molecule has 0 saturated carbocycles. The van der Waals surface area contributed by atoms with Crippen LogP contribution in [0.1, 0.15) is 15.9 Å². The highest BCUT2D eigenvalue weighted by Crippen LogP contribution is 2.23. The Morgan fingerprint density at radius 1 is 1.29 bits per heavy atom. The molecule has 0 atom stereocenters. The van der Waals surface area contributed by atoms with Gasteiger partial charge in [0.15, 0.2) is 0 Å². The van der Waals surface area contributed by atoms with E-state index in [4.69, 9.17) is 0 Å². The molecule has 0 aliphatic rings. The number of carbonyl (C=O) groups is 1. The average molecular weight is 380 g/mol. The number of rotatable bonds is 4. The smallest absolute Gasteiger partial charge is 0.406 e. The zero-order valence-electron chi connectivity index (χ0n) is 10.4. The fraction of sp³-hybridized carbons (Fsp3) is 0.154. The Kier molecular flexibility index (Phi) is 4.89. The molecule has 0 aliphatic heterocycles. The van der Waals surface area contributed by atoms with Crippen LogP contribution in [-0.2, 0) is 6.54 Å². The molecule has 2 rings (SSSR count). The van der Waals surface area contributed by atoms with Crippen molar-refractivity contribution in [1.82, 2.24) is 5.32 Å². The molecule has 1 amide bonds. The number of ether oxygens (including phenoxy) is 1. The number of halogens is 4. The molecule has 0 radical (unpaired) electrons. The van der Waals surface area contributed by atoms with E-state index in [1.807, 2.05) is 0 Å². The quantitative estimate of drug-likeness (QED) is 0.857. The lowest BCUT2D eigenvalue weighted by atomic mass is 10.2. The van der Waals surface area contributed by atoms with Gasteiger partial charge in [-0.2, -0.15) is 0 Å². The minimum absolute atomic E-state index is 0.221. The van der Waals surface area contributed by atoms with Crippen LogP contribution in [0.4, 0.5) is 13.2 Å². The molecule has 0 aliphatic carbocycles. The largest absolute Gasteiger partial charge is 0.573 e. The molecule has 1 aromatic heterocycles. The van der Waals surface area contributed by atoms with Crippen molar-refractivity contribution in [2.24, 2.45) is 0 Å². The molecule has 1 aromatic carbocycles. The fourth-order valence-corrected chi connectivity index (χ4v) is 2.66. The van der Waals surface area contributed by atoms with Crippen LogP contribution >= 0.6 is 27.3 Å². The van der Waals surface area contributed by atoms with Crippen LogP contribution in [0.2, 0.25) is 0 Å². The third-order valence-electron chi connectivity index (χ3n) is 2.44. The summed E-state index contributed by atoms with van der Waals surface area (Å²) >= 11 is 4.66. The summed E-state index contributed by atoms with van der Waals surface area (Å²) in [6, 6.07) is 7.03. The highest BCUT2D eigenvalue weighted by Gasteiger charge is 2.30. The third kappa shape index (κ3) is 5.05. The Morgan fingerprint density at radius 3 is 2.48 bits per heavy atom. The van der Waals surface area contributed by atoms with Crippen molar-refractivity contribution in [3.63, 3.8) is 0 Å². The number of alkyl halides is 3. The highest BCUT2D eigenvalue weighted by atomic mass is 79.9. The number of hydrogen-bond acceptors (Lipinski definition) is 3. The minimum Gasteiger partial charge on any atom is -0.406 e. The van der Waals surface area contributed by atoms with Crippen molar-refractivity contribution >= 4 is 33.2 Å². The Labute approximate surface area is 130 Å². The third-order valence-corrected chi connectivity index (χ3v) is 3.94. The van der Waals surface area contributed by atoms with E-state index in [-0.39, 0.29) is 18.2 Å². The topological polar surface area (TPSA) is 38.3 Å². The Hall–Kier alpha value is -1.54. The maximum absolute atomic E-state index is 12.0.